The van der Waals surface area contributed by atoms with Crippen LogP contribution in [-0.4, -0.2) is 30.4 Å². The first-order chi connectivity index (χ1) is 10.2. The number of ether oxygens (including phenoxy) is 3. The molecule has 0 saturated carbocycles. The zero-order valence-electron chi connectivity index (χ0n) is 12.6. The summed E-state index contributed by atoms with van der Waals surface area (Å²) in [6.07, 6.45) is 3.69. The maximum absolute atomic E-state index is 5.84. The maximum Gasteiger partial charge on any atom is 0.203 e. The molecule has 0 atom stereocenters. The summed E-state index contributed by atoms with van der Waals surface area (Å²) in [6.45, 7) is 3.57. The first-order valence-corrected chi connectivity index (χ1v) is 6.75. The van der Waals surface area contributed by atoms with Gasteiger partial charge in [-0.25, -0.2) is 4.98 Å². The Hall–Kier alpha value is -2.21. The molecule has 2 aromatic rings. The molecule has 1 aromatic carbocycles. The molecule has 0 radical (unpaired) electrons. The first-order valence-electron chi connectivity index (χ1n) is 6.75. The molecular formula is C15H21N3O3. The number of nitrogens with zero attached hydrogens (tertiary/aromatic N) is 2. The van der Waals surface area contributed by atoms with Crippen molar-refractivity contribution in [3.8, 4) is 17.2 Å². The normalized spacial score (nSPS) is 10.5. The Kier molecular flexibility index (Phi) is 5.05. The Balaban J connectivity index is 2.13. The molecule has 0 spiro atoms. The topological polar surface area (TPSA) is 71.5 Å². The lowest BCUT2D eigenvalue weighted by molar-refractivity contribution is 0.262. The van der Waals surface area contributed by atoms with Crippen molar-refractivity contribution in [2.45, 2.75) is 20.0 Å². The molecule has 0 saturated heterocycles. The lowest BCUT2D eigenvalue weighted by Crippen LogP contribution is -2.10. The summed E-state index contributed by atoms with van der Waals surface area (Å²) in [7, 11) is 3.20. The smallest absolute Gasteiger partial charge is 0.203 e. The van der Waals surface area contributed by atoms with Crippen LogP contribution in [0.2, 0.25) is 0 Å². The van der Waals surface area contributed by atoms with Gasteiger partial charge in [0.2, 0.25) is 5.75 Å². The minimum absolute atomic E-state index is 0.418. The van der Waals surface area contributed by atoms with Crippen LogP contribution in [0.15, 0.2) is 24.5 Å². The van der Waals surface area contributed by atoms with E-state index in [1.165, 1.54) is 0 Å². The zero-order valence-corrected chi connectivity index (χ0v) is 12.6. The van der Waals surface area contributed by atoms with Crippen LogP contribution in [0.1, 0.15) is 11.4 Å². The summed E-state index contributed by atoms with van der Waals surface area (Å²) in [4.78, 5) is 4.18. The largest absolute Gasteiger partial charge is 0.493 e. The number of nitrogens with two attached hydrogens (primary N) is 1. The Labute approximate surface area is 124 Å². The predicted molar refractivity (Wildman–Crippen MR) is 79.9 cm³/mol. The number of hydrogen-bond acceptors (Lipinski definition) is 5. The summed E-state index contributed by atoms with van der Waals surface area (Å²) in [5.74, 6) is 2.79. The Morgan fingerprint density at radius 1 is 1.19 bits per heavy atom. The minimum Gasteiger partial charge on any atom is -0.493 e. The Morgan fingerprint density at radius 3 is 2.33 bits per heavy atom. The number of methoxy groups -OCH3 is 2. The van der Waals surface area contributed by atoms with Crippen molar-refractivity contribution in [1.82, 2.24) is 9.55 Å². The maximum atomic E-state index is 5.84. The van der Waals surface area contributed by atoms with Crippen LogP contribution >= 0.6 is 0 Å². The highest BCUT2D eigenvalue weighted by Crippen LogP contribution is 2.38. The number of aromatic nitrogens is 2. The van der Waals surface area contributed by atoms with Crippen molar-refractivity contribution < 1.29 is 14.2 Å². The van der Waals surface area contributed by atoms with Gasteiger partial charge in [-0.3, -0.25) is 0 Å². The van der Waals surface area contributed by atoms with Gasteiger partial charge in [-0.05, 0) is 24.6 Å². The van der Waals surface area contributed by atoms with Gasteiger partial charge in [0.15, 0.2) is 11.5 Å². The van der Waals surface area contributed by atoms with Crippen molar-refractivity contribution in [3.63, 3.8) is 0 Å². The SMILES string of the molecule is COc1cc(CN)cc(OC)c1OCCn1ccnc1C. The molecule has 6 nitrogen and oxygen atoms in total. The summed E-state index contributed by atoms with van der Waals surface area (Å²) in [6, 6.07) is 3.72. The molecule has 0 aliphatic rings. The van der Waals surface area contributed by atoms with E-state index < -0.39 is 0 Å². The van der Waals surface area contributed by atoms with E-state index in [1.807, 2.05) is 29.8 Å². The fraction of sp³-hybridized carbons (Fsp3) is 0.400. The van der Waals surface area contributed by atoms with Gasteiger partial charge in [0.1, 0.15) is 12.4 Å². The summed E-state index contributed by atoms with van der Waals surface area (Å²) >= 11 is 0. The van der Waals surface area contributed by atoms with E-state index in [2.05, 4.69) is 4.98 Å². The van der Waals surface area contributed by atoms with Gasteiger partial charge in [0.05, 0.1) is 20.8 Å². The van der Waals surface area contributed by atoms with Gasteiger partial charge in [-0.15, -0.1) is 0 Å². The fourth-order valence-electron chi connectivity index (χ4n) is 2.08. The second-order valence-electron chi connectivity index (χ2n) is 4.55. The van der Waals surface area contributed by atoms with Crippen molar-refractivity contribution >= 4 is 0 Å². The fourth-order valence-corrected chi connectivity index (χ4v) is 2.08. The molecule has 0 aliphatic heterocycles. The average molecular weight is 291 g/mol. The van der Waals surface area contributed by atoms with Crippen molar-refractivity contribution in [2.75, 3.05) is 20.8 Å². The first kappa shape index (κ1) is 15.2. The van der Waals surface area contributed by atoms with Crippen LogP contribution in [-0.2, 0) is 13.1 Å². The number of aryl methyl sites for hydroxylation is 1. The molecule has 114 valence electrons. The molecular weight excluding hydrogens is 270 g/mol. The summed E-state index contributed by atoms with van der Waals surface area (Å²) in [5, 5.41) is 0. The van der Waals surface area contributed by atoms with Gasteiger partial charge in [-0.2, -0.15) is 0 Å². The number of hydrogen-bond donors (Lipinski definition) is 1. The van der Waals surface area contributed by atoms with E-state index in [1.54, 1.807) is 20.4 Å². The third-order valence-electron chi connectivity index (χ3n) is 3.26. The van der Waals surface area contributed by atoms with Gasteiger partial charge < -0.3 is 24.5 Å². The van der Waals surface area contributed by atoms with Crippen LogP contribution in [0.25, 0.3) is 0 Å². The molecule has 1 heterocycles. The standard InChI is InChI=1S/C15H21N3O3/c1-11-17-4-5-18(11)6-7-21-15-13(19-2)8-12(10-16)9-14(15)20-3/h4-5,8-9H,6-7,10,16H2,1-3H3. The molecule has 0 fully saturated rings. The van der Waals surface area contributed by atoms with E-state index in [4.69, 9.17) is 19.9 Å². The molecule has 2 rings (SSSR count). The average Bonchev–Trinajstić information content (AvgIpc) is 2.92. The lowest BCUT2D eigenvalue weighted by atomic mass is 10.2. The predicted octanol–water partition coefficient (Wildman–Crippen LogP) is 1.75. The highest BCUT2D eigenvalue weighted by molar-refractivity contribution is 5.53. The second kappa shape index (κ2) is 6.99. The Morgan fingerprint density at radius 2 is 1.86 bits per heavy atom. The summed E-state index contributed by atoms with van der Waals surface area (Å²) < 4.78 is 18.6. The molecule has 0 bridgehead atoms. The van der Waals surface area contributed by atoms with Crippen molar-refractivity contribution in [3.05, 3.63) is 35.9 Å². The van der Waals surface area contributed by atoms with E-state index in [-0.39, 0.29) is 0 Å². The van der Waals surface area contributed by atoms with E-state index in [9.17, 15) is 0 Å². The lowest BCUT2D eigenvalue weighted by Gasteiger charge is -2.16. The molecule has 0 unspecified atom stereocenters. The van der Waals surface area contributed by atoms with Crippen LogP contribution in [0, 0.1) is 6.92 Å². The molecule has 0 aliphatic carbocycles. The second-order valence-corrected chi connectivity index (χ2v) is 4.55. The van der Waals surface area contributed by atoms with Gasteiger partial charge >= 0.3 is 0 Å². The van der Waals surface area contributed by atoms with E-state index in [0.717, 1.165) is 11.4 Å². The minimum atomic E-state index is 0.418. The molecule has 6 heteroatoms. The van der Waals surface area contributed by atoms with Gasteiger partial charge in [-0.1, -0.05) is 0 Å². The quantitative estimate of drug-likeness (QED) is 0.841. The summed E-state index contributed by atoms with van der Waals surface area (Å²) in [5.41, 5.74) is 6.60. The molecule has 1 aromatic heterocycles. The molecule has 2 N–H and O–H groups in total. The highest BCUT2D eigenvalue weighted by Gasteiger charge is 2.14. The number of benzene rings is 1. The third kappa shape index (κ3) is 3.46. The van der Waals surface area contributed by atoms with E-state index >= 15 is 0 Å². The van der Waals surface area contributed by atoms with Crippen molar-refractivity contribution in [1.29, 1.82) is 0 Å². The number of imidazole rings is 1. The van der Waals surface area contributed by atoms with Crippen LogP contribution in [0.5, 0.6) is 17.2 Å². The van der Waals surface area contributed by atoms with Crippen LogP contribution in [0.3, 0.4) is 0 Å². The third-order valence-corrected chi connectivity index (χ3v) is 3.26. The monoisotopic (exact) mass is 291 g/mol. The molecule has 21 heavy (non-hydrogen) atoms. The van der Waals surface area contributed by atoms with Gasteiger partial charge in [0, 0.05) is 18.9 Å². The zero-order chi connectivity index (χ0) is 15.2. The van der Waals surface area contributed by atoms with Gasteiger partial charge in [0.25, 0.3) is 0 Å². The van der Waals surface area contributed by atoms with Crippen LogP contribution < -0.4 is 19.9 Å². The molecule has 0 amide bonds. The van der Waals surface area contributed by atoms with Crippen LogP contribution in [0.4, 0.5) is 0 Å². The Bertz CT molecular complexity index is 571. The van der Waals surface area contributed by atoms with E-state index in [0.29, 0.717) is 36.9 Å². The van der Waals surface area contributed by atoms with Crippen molar-refractivity contribution in [2.24, 2.45) is 5.73 Å². The number of rotatable bonds is 7. The highest BCUT2D eigenvalue weighted by atomic mass is 16.5.